The summed E-state index contributed by atoms with van der Waals surface area (Å²) in [6.45, 7) is 4.49. The molecule has 0 radical (unpaired) electrons. The number of carbonyl (C=O) groups excluding carboxylic acids is 1. The van der Waals surface area contributed by atoms with Crippen molar-refractivity contribution in [1.82, 2.24) is 5.32 Å². The first kappa shape index (κ1) is 21.7. The van der Waals surface area contributed by atoms with Crippen LogP contribution in [0.5, 0.6) is 5.75 Å². The average Bonchev–Trinajstić information content (AvgIpc) is 3.38. The zero-order chi connectivity index (χ0) is 22.0. The predicted octanol–water partition coefficient (Wildman–Crippen LogP) is 4.44. The van der Waals surface area contributed by atoms with E-state index in [0.717, 1.165) is 11.8 Å². The lowest BCUT2D eigenvalue weighted by Crippen LogP contribution is -2.40. The van der Waals surface area contributed by atoms with Crippen LogP contribution in [0.1, 0.15) is 49.9 Å². The molecule has 2 aliphatic carbocycles. The lowest BCUT2D eigenvalue weighted by molar-refractivity contribution is 0.0915. The first-order valence-corrected chi connectivity index (χ1v) is 12.5. The van der Waals surface area contributed by atoms with Gasteiger partial charge in [-0.3, -0.25) is 9.52 Å². The van der Waals surface area contributed by atoms with Gasteiger partial charge in [0.15, 0.2) is 0 Å². The van der Waals surface area contributed by atoms with Gasteiger partial charge in [0.05, 0.1) is 11.5 Å². The molecule has 166 valence electrons. The van der Waals surface area contributed by atoms with E-state index < -0.39 is 10.0 Å². The minimum Gasteiger partial charge on any atom is -0.494 e. The van der Waals surface area contributed by atoms with Gasteiger partial charge in [0.2, 0.25) is 0 Å². The Kier molecular flexibility index (Phi) is 6.23. The van der Waals surface area contributed by atoms with Gasteiger partial charge < -0.3 is 10.1 Å². The van der Waals surface area contributed by atoms with E-state index in [0.29, 0.717) is 29.5 Å². The van der Waals surface area contributed by atoms with E-state index >= 15 is 0 Å². The Morgan fingerprint density at radius 1 is 1.06 bits per heavy atom. The molecular weight excluding hydrogens is 412 g/mol. The van der Waals surface area contributed by atoms with Crippen molar-refractivity contribution in [2.45, 2.75) is 50.5 Å². The molecule has 2 aromatic carbocycles. The molecule has 1 amide bonds. The summed E-state index contributed by atoms with van der Waals surface area (Å²) in [4.78, 5) is 12.8. The van der Waals surface area contributed by atoms with Crippen LogP contribution in [-0.2, 0) is 10.0 Å². The maximum absolute atomic E-state index is 12.7. The number of carbonyl (C=O) groups is 1. The summed E-state index contributed by atoms with van der Waals surface area (Å²) in [6, 6.07) is 13.0. The van der Waals surface area contributed by atoms with Crippen LogP contribution in [0.3, 0.4) is 0 Å². The lowest BCUT2D eigenvalue weighted by atomic mass is 9.84. The summed E-state index contributed by atoms with van der Waals surface area (Å²) < 4.78 is 33.1. The molecule has 7 heteroatoms. The summed E-state index contributed by atoms with van der Waals surface area (Å²) >= 11 is 0. The van der Waals surface area contributed by atoms with Crippen molar-refractivity contribution in [2.75, 3.05) is 11.3 Å². The van der Waals surface area contributed by atoms with Crippen molar-refractivity contribution in [3.05, 3.63) is 54.1 Å². The molecule has 0 aromatic heterocycles. The maximum Gasteiger partial charge on any atom is 0.261 e. The highest BCUT2D eigenvalue weighted by atomic mass is 32.2. The number of fused-ring (bicyclic) bond motifs is 2. The van der Waals surface area contributed by atoms with E-state index in [1.54, 1.807) is 36.4 Å². The highest BCUT2D eigenvalue weighted by molar-refractivity contribution is 7.92. The van der Waals surface area contributed by atoms with Crippen LogP contribution in [0.4, 0.5) is 5.69 Å². The van der Waals surface area contributed by atoms with E-state index in [4.69, 9.17) is 4.74 Å². The molecule has 2 N–H and O–H groups in total. The fraction of sp³-hybridized carbons (Fsp3) is 0.458. The Hall–Kier alpha value is -2.54. The van der Waals surface area contributed by atoms with Gasteiger partial charge in [-0.05, 0) is 99.4 Å². The van der Waals surface area contributed by atoms with Crippen molar-refractivity contribution in [2.24, 2.45) is 17.8 Å². The molecule has 0 heterocycles. The van der Waals surface area contributed by atoms with Crippen molar-refractivity contribution < 1.29 is 17.9 Å². The van der Waals surface area contributed by atoms with Gasteiger partial charge in [-0.1, -0.05) is 6.42 Å². The fourth-order valence-electron chi connectivity index (χ4n) is 5.09. The topological polar surface area (TPSA) is 84.5 Å². The molecule has 31 heavy (non-hydrogen) atoms. The molecule has 0 saturated heterocycles. The van der Waals surface area contributed by atoms with E-state index in [2.05, 4.69) is 17.0 Å². The van der Waals surface area contributed by atoms with Gasteiger partial charge >= 0.3 is 0 Å². The zero-order valence-electron chi connectivity index (χ0n) is 18.0. The second kappa shape index (κ2) is 8.91. The van der Waals surface area contributed by atoms with Gasteiger partial charge in [0.25, 0.3) is 15.9 Å². The summed E-state index contributed by atoms with van der Waals surface area (Å²) in [5.41, 5.74) is 0.936. The number of sulfonamides is 1. The Morgan fingerprint density at radius 2 is 1.77 bits per heavy atom. The third-order valence-electron chi connectivity index (χ3n) is 6.64. The molecule has 4 atom stereocenters. The summed E-state index contributed by atoms with van der Waals surface area (Å²) in [7, 11) is -3.72. The summed E-state index contributed by atoms with van der Waals surface area (Å²) in [5.74, 6) is 2.67. The molecule has 2 fully saturated rings. The van der Waals surface area contributed by atoms with Crippen LogP contribution in [0, 0.1) is 17.8 Å². The number of anilines is 1. The Labute approximate surface area is 184 Å². The van der Waals surface area contributed by atoms with Crippen LogP contribution in [-0.4, -0.2) is 27.0 Å². The van der Waals surface area contributed by atoms with E-state index in [1.165, 1.54) is 37.8 Å². The smallest absolute Gasteiger partial charge is 0.261 e. The molecule has 2 bridgehead atoms. The number of benzene rings is 2. The molecule has 4 rings (SSSR count). The molecule has 2 saturated carbocycles. The number of hydrogen-bond donors (Lipinski definition) is 2. The number of ether oxygens (including phenoxy) is 1. The largest absolute Gasteiger partial charge is 0.494 e. The van der Waals surface area contributed by atoms with E-state index in [9.17, 15) is 13.2 Å². The second-order valence-corrected chi connectivity index (χ2v) is 10.4. The van der Waals surface area contributed by atoms with Gasteiger partial charge in [-0.2, -0.15) is 0 Å². The third-order valence-corrected chi connectivity index (χ3v) is 8.04. The molecule has 6 nitrogen and oxygen atoms in total. The number of rotatable bonds is 8. The fourth-order valence-corrected chi connectivity index (χ4v) is 6.15. The first-order valence-electron chi connectivity index (χ1n) is 11.0. The van der Waals surface area contributed by atoms with Gasteiger partial charge in [-0.25, -0.2) is 8.42 Å². The quantitative estimate of drug-likeness (QED) is 0.633. The van der Waals surface area contributed by atoms with Crippen molar-refractivity contribution >= 4 is 21.6 Å². The normalized spacial score (nSPS) is 23.4. The van der Waals surface area contributed by atoms with E-state index in [-0.39, 0.29) is 16.8 Å². The molecule has 2 aromatic rings. The van der Waals surface area contributed by atoms with Crippen molar-refractivity contribution in [1.29, 1.82) is 0 Å². The minimum absolute atomic E-state index is 0.115. The van der Waals surface area contributed by atoms with Crippen LogP contribution in [0.15, 0.2) is 53.4 Å². The monoisotopic (exact) mass is 442 g/mol. The summed E-state index contributed by atoms with van der Waals surface area (Å²) in [6.07, 6.45) is 5.17. The Morgan fingerprint density at radius 3 is 2.35 bits per heavy atom. The standard InChI is InChI=1S/C24H30N2O4S/c1-3-30-21-10-12-22(13-11-21)31(28,29)26-20-8-6-18(7-9-20)24(27)25-16(2)23-15-17-4-5-19(23)14-17/h6-13,16-17,19,23,26H,3-5,14-15H2,1-2H3,(H,25,27). The highest BCUT2D eigenvalue weighted by Crippen LogP contribution is 2.49. The van der Waals surface area contributed by atoms with E-state index in [1.807, 2.05) is 6.92 Å². The first-order chi connectivity index (χ1) is 14.9. The Bertz CT molecular complexity index is 1020. The predicted molar refractivity (Wildman–Crippen MR) is 121 cm³/mol. The Balaban J connectivity index is 1.36. The number of nitrogens with one attached hydrogen (secondary N) is 2. The van der Waals surface area contributed by atoms with Crippen LogP contribution in [0.25, 0.3) is 0 Å². The molecule has 0 spiro atoms. The van der Waals surface area contributed by atoms with Crippen molar-refractivity contribution in [3.8, 4) is 5.75 Å². The van der Waals surface area contributed by atoms with Gasteiger partial charge in [-0.15, -0.1) is 0 Å². The third kappa shape index (κ3) is 4.87. The average molecular weight is 443 g/mol. The summed E-state index contributed by atoms with van der Waals surface area (Å²) in [5, 5.41) is 3.14. The lowest BCUT2D eigenvalue weighted by Gasteiger charge is -2.28. The number of amides is 1. The van der Waals surface area contributed by atoms with Gasteiger partial charge in [0, 0.05) is 17.3 Å². The maximum atomic E-state index is 12.7. The zero-order valence-corrected chi connectivity index (χ0v) is 18.8. The minimum atomic E-state index is -3.72. The number of hydrogen-bond acceptors (Lipinski definition) is 4. The molecule has 2 aliphatic rings. The van der Waals surface area contributed by atoms with Crippen LogP contribution in [0.2, 0.25) is 0 Å². The highest BCUT2D eigenvalue weighted by Gasteiger charge is 2.42. The molecular formula is C24H30N2O4S. The van der Waals surface area contributed by atoms with Gasteiger partial charge in [0.1, 0.15) is 5.75 Å². The van der Waals surface area contributed by atoms with Crippen molar-refractivity contribution in [3.63, 3.8) is 0 Å². The second-order valence-electron chi connectivity index (χ2n) is 8.69. The van der Waals surface area contributed by atoms with Crippen LogP contribution >= 0.6 is 0 Å². The van der Waals surface area contributed by atoms with Crippen LogP contribution < -0.4 is 14.8 Å². The molecule has 4 unspecified atom stereocenters. The SMILES string of the molecule is CCOc1ccc(S(=O)(=O)Nc2ccc(C(=O)NC(C)C3CC4CCC3C4)cc2)cc1. The molecule has 0 aliphatic heterocycles.